The molecule has 1 heterocycles. The van der Waals surface area contributed by atoms with Crippen molar-refractivity contribution < 1.29 is 13.2 Å². The number of aliphatic imine (C=N–C) groups is 2. The molecule has 5 nitrogen and oxygen atoms in total. The molecule has 25 heavy (non-hydrogen) atoms. The maximum absolute atomic E-state index is 12.6. The van der Waals surface area contributed by atoms with Crippen LogP contribution in [0.1, 0.15) is 30.4 Å². The van der Waals surface area contributed by atoms with Gasteiger partial charge in [-0.05, 0) is 37.0 Å². The van der Waals surface area contributed by atoms with Gasteiger partial charge in [-0.2, -0.15) is 18.2 Å². The van der Waals surface area contributed by atoms with Gasteiger partial charge < -0.3 is 16.4 Å². The first-order valence-corrected chi connectivity index (χ1v) is 7.41. The molecule has 10 heteroatoms. The summed E-state index contributed by atoms with van der Waals surface area (Å²) < 4.78 is 37.9. The zero-order valence-electron chi connectivity index (χ0n) is 13.5. The Hall–Kier alpha value is -1.67. The van der Waals surface area contributed by atoms with Gasteiger partial charge in [-0.15, -0.1) is 24.8 Å². The van der Waals surface area contributed by atoms with Crippen molar-refractivity contribution in [1.29, 1.82) is 0 Å². The molecule has 0 radical (unpaired) electrons. The van der Waals surface area contributed by atoms with Crippen molar-refractivity contribution in [3.05, 3.63) is 35.4 Å². The van der Waals surface area contributed by atoms with E-state index in [9.17, 15) is 13.2 Å². The summed E-state index contributed by atoms with van der Waals surface area (Å²) in [5, 5.41) is 0. The lowest BCUT2D eigenvalue weighted by Gasteiger charge is -2.27. The van der Waals surface area contributed by atoms with Gasteiger partial charge >= 0.3 is 6.18 Å². The highest BCUT2D eigenvalue weighted by Gasteiger charge is 2.30. The first kappa shape index (κ1) is 23.3. The summed E-state index contributed by atoms with van der Waals surface area (Å²) in [4.78, 5) is 9.92. The maximum atomic E-state index is 12.6. The van der Waals surface area contributed by atoms with E-state index in [1.54, 1.807) is 6.07 Å². The molecule has 1 saturated heterocycles. The molecule has 0 aromatic heterocycles. The van der Waals surface area contributed by atoms with Crippen molar-refractivity contribution in [3.63, 3.8) is 0 Å². The third kappa shape index (κ3) is 7.39. The molecule has 1 aromatic rings. The van der Waals surface area contributed by atoms with Gasteiger partial charge in [0.05, 0.1) is 12.1 Å². The standard InChI is InChI=1S/C15H20F3N5.2ClH/c16-15(17,18)12-6-4-5-11(9-12)10-21-13(19)22-14(20)23-7-2-1-3-8-23;;/h4-6,9H,1-3,7-8,10H2,(H4,19,20,21,22);2*1H. The third-order valence-electron chi connectivity index (χ3n) is 3.59. The quantitative estimate of drug-likeness (QED) is 0.591. The lowest BCUT2D eigenvalue weighted by atomic mass is 10.1. The second-order valence-corrected chi connectivity index (χ2v) is 5.39. The zero-order valence-corrected chi connectivity index (χ0v) is 15.1. The summed E-state index contributed by atoms with van der Waals surface area (Å²) in [7, 11) is 0. The fraction of sp³-hybridized carbons (Fsp3) is 0.467. The summed E-state index contributed by atoms with van der Waals surface area (Å²) >= 11 is 0. The van der Waals surface area contributed by atoms with Crippen molar-refractivity contribution >= 4 is 36.7 Å². The number of guanidine groups is 2. The predicted octanol–water partition coefficient (Wildman–Crippen LogP) is 3.16. The minimum atomic E-state index is -4.37. The Morgan fingerprint density at radius 3 is 2.32 bits per heavy atom. The molecule has 0 bridgehead atoms. The van der Waals surface area contributed by atoms with Crippen LogP contribution in [0.2, 0.25) is 0 Å². The molecule has 4 N–H and O–H groups in total. The molecule has 1 aromatic carbocycles. The molecule has 2 rings (SSSR count). The van der Waals surface area contributed by atoms with E-state index in [1.165, 1.54) is 12.5 Å². The van der Waals surface area contributed by atoms with Crippen molar-refractivity contribution in [2.45, 2.75) is 32.0 Å². The average Bonchev–Trinajstić information content (AvgIpc) is 2.53. The minimum absolute atomic E-state index is 0. The van der Waals surface area contributed by atoms with Crippen molar-refractivity contribution in [3.8, 4) is 0 Å². The van der Waals surface area contributed by atoms with E-state index in [1.807, 2.05) is 4.90 Å². The molecule has 1 fully saturated rings. The van der Waals surface area contributed by atoms with Gasteiger partial charge in [0, 0.05) is 13.1 Å². The van der Waals surface area contributed by atoms with E-state index in [2.05, 4.69) is 9.98 Å². The summed E-state index contributed by atoms with van der Waals surface area (Å²) in [6.45, 7) is 1.68. The molecule has 142 valence electrons. The topological polar surface area (TPSA) is 80.0 Å². The fourth-order valence-electron chi connectivity index (χ4n) is 2.36. The van der Waals surface area contributed by atoms with Crippen molar-refractivity contribution in [2.24, 2.45) is 21.5 Å². The highest BCUT2D eigenvalue weighted by Crippen LogP contribution is 2.29. The van der Waals surface area contributed by atoms with E-state index < -0.39 is 11.7 Å². The normalized spacial score (nSPS) is 16.0. The summed E-state index contributed by atoms with van der Waals surface area (Å²) in [6, 6.07) is 4.97. The highest BCUT2D eigenvalue weighted by atomic mass is 35.5. The minimum Gasteiger partial charge on any atom is -0.369 e. The lowest BCUT2D eigenvalue weighted by molar-refractivity contribution is -0.137. The van der Waals surface area contributed by atoms with Crippen LogP contribution in [-0.4, -0.2) is 29.9 Å². The van der Waals surface area contributed by atoms with E-state index in [0.29, 0.717) is 11.5 Å². The Bertz CT molecular complexity index is 599. The van der Waals surface area contributed by atoms with Crippen LogP contribution in [0.25, 0.3) is 0 Å². The average molecular weight is 400 g/mol. The molecular formula is C15H22Cl2F3N5. The SMILES string of the molecule is Cl.Cl.NC(=NCc1cccc(C(F)(F)F)c1)/N=C(/N)N1CCCCC1. The van der Waals surface area contributed by atoms with Gasteiger partial charge in [0.2, 0.25) is 5.96 Å². The van der Waals surface area contributed by atoms with Crippen LogP contribution in [0, 0.1) is 0 Å². The van der Waals surface area contributed by atoms with Crippen LogP contribution >= 0.6 is 24.8 Å². The van der Waals surface area contributed by atoms with Gasteiger partial charge in [-0.25, -0.2) is 4.99 Å². The molecule has 1 aliphatic rings. The van der Waals surface area contributed by atoms with Gasteiger partial charge in [0.1, 0.15) is 0 Å². The lowest BCUT2D eigenvalue weighted by Crippen LogP contribution is -2.41. The van der Waals surface area contributed by atoms with E-state index in [-0.39, 0.29) is 37.3 Å². The van der Waals surface area contributed by atoms with Gasteiger partial charge in [0.25, 0.3) is 0 Å². The largest absolute Gasteiger partial charge is 0.416 e. The van der Waals surface area contributed by atoms with Crippen molar-refractivity contribution in [2.75, 3.05) is 13.1 Å². The van der Waals surface area contributed by atoms with Crippen LogP contribution in [0.4, 0.5) is 13.2 Å². The Morgan fingerprint density at radius 2 is 1.72 bits per heavy atom. The number of alkyl halides is 3. The Balaban J connectivity index is 0.00000288. The number of hydrogen-bond acceptors (Lipinski definition) is 1. The third-order valence-corrected chi connectivity index (χ3v) is 3.59. The Labute approximate surface area is 157 Å². The number of benzene rings is 1. The van der Waals surface area contributed by atoms with Crippen LogP contribution in [0.5, 0.6) is 0 Å². The van der Waals surface area contributed by atoms with Crippen LogP contribution in [0.15, 0.2) is 34.3 Å². The first-order valence-electron chi connectivity index (χ1n) is 7.41. The van der Waals surface area contributed by atoms with Crippen LogP contribution in [0.3, 0.4) is 0 Å². The number of rotatable bonds is 2. The number of nitrogens with zero attached hydrogens (tertiary/aromatic N) is 3. The molecule has 0 atom stereocenters. The number of halogens is 5. The molecule has 0 saturated carbocycles. The van der Waals surface area contributed by atoms with Gasteiger partial charge in [0.15, 0.2) is 5.96 Å². The number of hydrogen-bond donors (Lipinski definition) is 2. The monoisotopic (exact) mass is 399 g/mol. The first-order chi connectivity index (χ1) is 10.9. The summed E-state index contributed by atoms with van der Waals surface area (Å²) in [5.74, 6) is 0.264. The molecule has 0 amide bonds. The van der Waals surface area contributed by atoms with E-state index >= 15 is 0 Å². The van der Waals surface area contributed by atoms with E-state index in [4.69, 9.17) is 11.5 Å². The number of likely N-dealkylation sites (tertiary alicyclic amines) is 1. The number of piperidine rings is 1. The second kappa shape index (κ2) is 10.4. The van der Waals surface area contributed by atoms with Crippen LogP contribution < -0.4 is 11.5 Å². The molecule has 0 unspecified atom stereocenters. The fourth-order valence-corrected chi connectivity index (χ4v) is 2.36. The molecule has 0 spiro atoms. The smallest absolute Gasteiger partial charge is 0.369 e. The summed E-state index contributed by atoms with van der Waals surface area (Å²) in [5.41, 5.74) is 11.3. The second-order valence-electron chi connectivity index (χ2n) is 5.39. The van der Waals surface area contributed by atoms with E-state index in [0.717, 1.165) is 38.1 Å². The molecule has 1 aliphatic heterocycles. The summed E-state index contributed by atoms with van der Waals surface area (Å²) in [6.07, 6.45) is -1.10. The molecule has 0 aliphatic carbocycles. The van der Waals surface area contributed by atoms with Crippen LogP contribution in [-0.2, 0) is 12.7 Å². The Morgan fingerprint density at radius 1 is 1.08 bits per heavy atom. The molecular weight excluding hydrogens is 378 g/mol. The number of nitrogens with two attached hydrogens (primary N) is 2. The highest BCUT2D eigenvalue weighted by molar-refractivity contribution is 5.93. The predicted molar refractivity (Wildman–Crippen MR) is 98.3 cm³/mol. The zero-order chi connectivity index (χ0) is 16.9. The van der Waals surface area contributed by atoms with Gasteiger partial charge in [-0.3, -0.25) is 0 Å². The Kier molecular flexibility index (Phi) is 9.66. The van der Waals surface area contributed by atoms with Gasteiger partial charge in [-0.1, -0.05) is 12.1 Å². The maximum Gasteiger partial charge on any atom is 0.416 e. The van der Waals surface area contributed by atoms with Crippen molar-refractivity contribution in [1.82, 2.24) is 4.90 Å².